The SMILES string of the molecule is N#Cc1cccc(CN2CCc3nc(-c4cccs4)[nH]c(=O)c3C2)c1. The lowest BCUT2D eigenvalue weighted by atomic mass is 10.1. The van der Waals surface area contributed by atoms with Crippen LogP contribution in [0.1, 0.15) is 22.4 Å². The van der Waals surface area contributed by atoms with Crippen molar-refractivity contribution in [3.05, 3.63) is 74.5 Å². The van der Waals surface area contributed by atoms with Gasteiger partial charge in [0.15, 0.2) is 5.82 Å². The summed E-state index contributed by atoms with van der Waals surface area (Å²) < 4.78 is 0. The second kappa shape index (κ2) is 6.63. The quantitative estimate of drug-likeness (QED) is 0.790. The maximum atomic E-state index is 12.5. The van der Waals surface area contributed by atoms with E-state index in [9.17, 15) is 4.79 Å². The minimum atomic E-state index is -0.0520. The number of benzene rings is 1. The van der Waals surface area contributed by atoms with Crippen molar-refractivity contribution >= 4 is 11.3 Å². The van der Waals surface area contributed by atoms with Crippen LogP contribution in [0, 0.1) is 11.3 Å². The van der Waals surface area contributed by atoms with Gasteiger partial charge in [-0.2, -0.15) is 5.26 Å². The predicted octanol–water partition coefficient (Wildman–Crippen LogP) is 2.93. The second-order valence-electron chi connectivity index (χ2n) is 6.09. The predicted molar refractivity (Wildman–Crippen MR) is 97.1 cm³/mol. The normalized spacial score (nSPS) is 14.0. The van der Waals surface area contributed by atoms with Crippen LogP contribution in [0.15, 0.2) is 46.6 Å². The highest BCUT2D eigenvalue weighted by Crippen LogP contribution is 2.23. The molecule has 0 spiro atoms. The average Bonchev–Trinajstić information content (AvgIpc) is 3.17. The van der Waals surface area contributed by atoms with Crippen LogP contribution in [0.5, 0.6) is 0 Å². The summed E-state index contributed by atoms with van der Waals surface area (Å²) >= 11 is 1.57. The summed E-state index contributed by atoms with van der Waals surface area (Å²) in [5.74, 6) is 0.661. The van der Waals surface area contributed by atoms with Crippen molar-refractivity contribution in [3.8, 4) is 16.8 Å². The van der Waals surface area contributed by atoms with Gasteiger partial charge in [-0.3, -0.25) is 9.69 Å². The number of thiophene rings is 1. The molecule has 25 heavy (non-hydrogen) atoms. The molecule has 3 aromatic rings. The highest BCUT2D eigenvalue weighted by Gasteiger charge is 2.21. The van der Waals surface area contributed by atoms with Crippen LogP contribution in [0.2, 0.25) is 0 Å². The Morgan fingerprint density at radius 3 is 3.04 bits per heavy atom. The van der Waals surface area contributed by atoms with Crippen LogP contribution in [0.3, 0.4) is 0 Å². The summed E-state index contributed by atoms with van der Waals surface area (Å²) in [5.41, 5.74) is 3.35. The third-order valence-corrected chi connectivity index (χ3v) is 5.24. The maximum Gasteiger partial charge on any atom is 0.255 e. The van der Waals surface area contributed by atoms with E-state index in [4.69, 9.17) is 5.26 Å². The first-order chi connectivity index (χ1) is 12.2. The average molecular weight is 348 g/mol. The number of hydrogen-bond donors (Lipinski definition) is 1. The summed E-state index contributed by atoms with van der Waals surface area (Å²) in [6.07, 6.45) is 0.759. The Balaban J connectivity index is 1.57. The van der Waals surface area contributed by atoms with E-state index in [1.807, 2.05) is 35.7 Å². The van der Waals surface area contributed by atoms with Crippen molar-refractivity contribution in [2.45, 2.75) is 19.5 Å². The van der Waals surface area contributed by atoms with E-state index in [1.54, 1.807) is 17.4 Å². The number of aromatic nitrogens is 2. The highest BCUT2D eigenvalue weighted by atomic mass is 32.1. The molecule has 2 aromatic heterocycles. The van der Waals surface area contributed by atoms with Crippen molar-refractivity contribution in [3.63, 3.8) is 0 Å². The molecule has 0 saturated carbocycles. The van der Waals surface area contributed by atoms with Crippen molar-refractivity contribution in [1.29, 1.82) is 5.26 Å². The summed E-state index contributed by atoms with van der Waals surface area (Å²) in [4.78, 5) is 23.3. The van der Waals surface area contributed by atoms with Crippen LogP contribution in [0.4, 0.5) is 0 Å². The Labute approximate surface area is 149 Å². The molecule has 124 valence electrons. The third-order valence-electron chi connectivity index (χ3n) is 4.36. The number of nitriles is 1. The molecule has 1 aliphatic rings. The van der Waals surface area contributed by atoms with Crippen LogP contribution in [0.25, 0.3) is 10.7 Å². The van der Waals surface area contributed by atoms with Crippen LogP contribution in [-0.4, -0.2) is 21.4 Å². The zero-order valence-electron chi connectivity index (χ0n) is 13.5. The molecular formula is C19H16N4OS. The van der Waals surface area contributed by atoms with Crippen LogP contribution >= 0.6 is 11.3 Å². The Morgan fingerprint density at radius 1 is 1.32 bits per heavy atom. The molecular weight excluding hydrogens is 332 g/mol. The zero-order valence-corrected chi connectivity index (χ0v) is 14.3. The summed E-state index contributed by atoms with van der Waals surface area (Å²) in [6.45, 7) is 2.16. The minimum absolute atomic E-state index is 0.0520. The molecule has 0 fully saturated rings. The molecule has 1 aliphatic heterocycles. The van der Waals surface area contributed by atoms with E-state index >= 15 is 0 Å². The lowest BCUT2D eigenvalue weighted by molar-refractivity contribution is 0.242. The smallest absolute Gasteiger partial charge is 0.255 e. The lowest BCUT2D eigenvalue weighted by Crippen LogP contribution is -2.35. The van der Waals surface area contributed by atoms with E-state index in [2.05, 4.69) is 20.9 Å². The Hall–Kier alpha value is -2.75. The van der Waals surface area contributed by atoms with Gasteiger partial charge in [-0.1, -0.05) is 18.2 Å². The largest absolute Gasteiger partial charge is 0.306 e. The topological polar surface area (TPSA) is 72.8 Å². The number of hydrogen-bond acceptors (Lipinski definition) is 5. The molecule has 0 amide bonds. The Bertz CT molecular complexity index is 1000. The van der Waals surface area contributed by atoms with Crippen LogP contribution < -0.4 is 5.56 Å². The molecule has 0 saturated heterocycles. The lowest BCUT2D eigenvalue weighted by Gasteiger charge is -2.27. The molecule has 0 aliphatic carbocycles. The first-order valence-electron chi connectivity index (χ1n) is 8.10. The van der Waals surface area contributed by atoms with Crippen molar-refractivity contribution in [2.24, 2.45) is 0 Å². The molecule has 5 nitrogen and oxygen atoms in total. The van der Waals surface area contributed by atoms with Gasteiger partial charge >= 0.3 is 0 Å². The minimum Gasteiger partial charge on any atom is -0.306 e. The molecule has 0 unspecified atom stereocenters. The van der Waals surface area contributed by atoms with Gasteiger partial charge < -0.3 is 4.98 Å². The summed E-state index contributed by atoms with van der Waals surface area (Å²) in [5, 5.41) is 11.0. The number of fused-ring (bicyclic) bond motifs is 1. The van der Waals surface area contributed by atoms with E-state index in [-0.39, 0.29) is 5.56 Å². The molecule has 3 heterocycles. The molecule has 0 radical (unpaired) electrons. The van der Waals surface area contributed by atoms with E-state index in [0.29, 0.717) is 17.9 Å². The van der Waals surface area contributed by atoms with Gasteiger partial charge in [-0.25, -0.2) is 4.98 Å². The fourth-order valence-corrected chi connectivity index (χ4v) is 3.81. The van der Waals surface area contributed by atoms with Gasteiger partial charge in [0.25, 0.3) is 5.56 Å². The van der Waals surface area contributed by atoms with Gasteiger partial charge in [-0.05, 0) is 29.1 Å². The van der Waals surface area contributed by atoms with Gasteiger partial charge in [0.05, 0.1) is 27.8 Å². The number of rotatable bonds is 3. The number of H-pyrrole nitrogens is 1. The van der Waals surface area contributed by atoms with Gasteiger partial charge in [0, 0.05) is 26.1 Å². The number of nitrogens with zero attached hydrogens (tertiary/aromatic N) is 3. The second-order valence-corrected chi connectivity index (χ2v) is 7.04. The first kappa shape index (κ1) is 15.8. The van der Waals surface area contributed by atoms with E-state index in [0.717, 1.165) is 41.2 Å². The summed E-state index contributed by atoms with van der Waals surface area (Å²) in [6, 6.07) is 13.7. The molecule has 4 rings (SSSR count). The van der Waals surface area contributed by atoms with Crippen molar-refractivity contribution in [1.82, 2.24) is 14.9 Å². The van der Waals surface area contributed by atoms with E-state index in [1.165, 1.54) is 0 Å². The summed E-state index contributed by atoms with van der Waals surface area (Å²) in [7, 11) is 0. The third kappa shape index (κ3) is 3.25. The fourth-order valence-electron chi connectivity index (χ4n) is 3.14. The number of nitrogens with one attached hydrogen (secondary N) is 1. The molecule has 6 heteroatoms. The van der Waals surface area contributed by atoms with Gasteiger partial charge in [0.1, 0.15) is 0 Å². The van der Waals surface area contributed by atoms with Crippen LogP contribution in [-0.2, 0) is 19.5 Å². The standard InChI is InChI=1S/C19H16N4OS/c20-10-13-3-1-4-14(9-13)11-23-7-6-16-15(12-23)19(24)22-18(21-16)17-5-2-8-25-17/h1-5,8-9H,6-7,11-12H2,(H,21,22,24). The molecule has 1 aromatic carbocycles. The fraction of sp³-hybridized carbons (Fsp3) is 0.211. The zero-order chi connectivity index (χ0) is 17.2. The van der Waals surface area contributed by atoms with Crippen molar-refractivity contribution < 1.29 is 0 Å². The van der Waals surface area contributed by atoms with Gasteiger partial charge in [0.2, 0.25) is 0 Å². The van der Waals surface area contributed by atoms with Crippen molar-refractivity contribution in [2.75, 3.05) is 6.54 Å². The number of aromatic amines is 1. The molecule has 0 atom stereocenters. The highest BCUT2D eigenvalue weighted by molar-refractivity contribution is 7.13. The monoisotopic (exact) mass is 348 g/mol. The Kier molecular flexibility index (Phi) is 4.18. The molecule has 1 N–H and O–H groups in total. The maximum absolute atomic E-state index is 12.5. The van der Waals surface area contributed by atoms with E-state index < -0.39 is 0 Å². The molecule has 0 bridgehead atoms. The van der Waals surface area contributed by atoms with Gasteiger partial charge in [-0.15, -0.1) is 11.3 Å². The first-order valence-corrected chi connectivity index (χ1v) is 8.98. The Morgan fingerprint density at radius 2 is 2.24 bits per heavy atom.